The van der Waals surface area contributed by atoms with Crippen molar-refractivity contribution in [1.82, 2.24) is 0 Å². The van der Waals surface area contributed by atoms with Gasteiger partial charge in [0.05, 0.1) is 7.11 Å². The van der Waals surface area contributed by atoms with Crippen molar-refractivity contribution in [3.05, 3.63) is 29.8 Å². The first kappa shape index (κ1) is 8.89. The average molecular weight is 163 g/mol. The second kappa shape index (κ2) is 4.63. The fourth-order valence-electron chi connectivity index (χ4n) is 1.06. The maximum atomic E-state index is 5.40. The Morgan fingerprint density at radius 2 is 2.42 bits per heavy atom. The maximum Gasteiger partial charge on any atom is 0.131 e. The number of hydrogen-bond donors (Lipinski definition) is 1. The highest BCUT2D eigenvalue weighted by Crippen LogP contribution is 2.15. The van der Waals surface area contributed by atoms with Gasteiger partial charge in [-0.3, -0.25) is 0 Å². The van der Waals surface area contributed by atoms with E-state index in [1.807, 2.05) is 6.07 Å². The van der Waals surface area contributed by atoms with Crippen LogP contribution in [0, 0.1) is 12.1 Å². The summed E-state index contributed by atoms with van der Waals surface area (Å²) in [6, 6.07) is 9.60. The summed E-state index contributed by atoms with van der Waals surface area (Å²) < 4.78 is 5.15. The Morgan fingerprint density at radius 1 is 1.58 bits per heavy atom. The zero-order valence-electron chi connectivity index (χ0n) is 7.26. The lowest BCUT2D eigenvalue weighted by atomic mass is 10.1. The topological polar surface area (TPSA) is 35.2 Å². The van der Waals surface area contributed by atoms with E-state index in [9.17, 15) is 0 Å². The van der Waals surface area contributed by atoms with Gasteiger partial charge in [0.25, 0.3) is 0 Å². The molecule has 0 bridgehead atoms. The fourth-order valence-corrected chi connectivity index (χ4v) is 1.06. The molecule has 2 nitrogen and oxygen atoms in total. The molecule has 0 unspecified atom stereocenters. The highest BCUT2D eigenvalue weighted by atomic mass is 16.5. The van der Waals surface area contributed by atoms with Crippen LogP contribution in [0.2, 0.25) is 0 Å². The van der Waals surface area contributed by atoms with Gasteiger partial charge in [-0.05, 0) is 31.5 Å². The van der Waals surface area contributed by atoms with E-state index in [1.165, 1.54) is 0 Å². The number of rotatable bonds is 4. The smallest absolute Gasteiger partial charge is 0.131 e. The van der Waals surface area contributed by atoms with Crippen LogP contribution in [-0.2, 0) is 6.42 Å². The molecule has 0 aromatic heterocycles. The molecule has 1 rings (SSSR count). The van der Waals surface area contributed by atoms with Crippen molar-refractivity contribution in [2.24, 2.45) is 5.73 Å². The van der Waals surface area contributed by atoms with Crippen LogP contribution in [0.5, 0.6) is 5.75 Å². The van der Waals surface area contributed by atoms with E-state index in [-0.39, 0.29) is 0 Å². The number of methoxy groups -OCH3 is 1. The van der Waals surface area contributed by atoms with E-state index in [4.69, 9.17) is 10.5 Å². The molecule has 12 heavy (non-hydrogen) atoms. The summed E-state index contributed by atoms with van der Waals surface area (Å²) in [5.41, 5.74) is 6.46. The zero-order chi connectivity index (χ0) is 8.81. The van der Waals surface area contributed by atoms with Crippen molar-refractivity contribution in [3.8, 4) is 5.75 Å². The van der Waals surface area contributed by atoms with Gasteiger partial charge < -0.3 is 10.5 Å². The molecule has 0 aliphatic heterocycles. The normalized spacial score (nSPS) is 9.17. The third-order valence-electron chi connectivity index (χ3n) is 1.69. The fraction of sp³-hybridized carbons (Fsp3) is 0.400. The molecule has 1 aromatic carbocycles. The predicted octanol–water partition coefficient (Wildman–Crippen LogP) is 1.19. The molecule has 0 aliphatic rings. The third kappa shape index (κ3) is 2.14. The molecule has 0 radical (unpaired) electrons. The van der Waals surface area contributed by atoms with Crippen LogP contribution < -0.4 is 10.5 Å². The molecule has 0 aliphatic carbocycles. The number of hydrogen-bond acceptors (Lipinski definition) is 2. The molecule has 0 atom stereocenters. The van der Waals surface area contributed by atoms with Gasteiger partial charge in [-0.1, -0.05) is 12.1 Å². The van der Waals surface area contributed by atoms with Crippen LogP contribution in [-0.4, -0.2) is 13.7 Å². The van der Waals surface area contributed by atoms with Gasteiger partial charge in [-0.15, -0.1) is 0 Å². The minimum atomic E-state index is 0.700. The van der Waals surface area contributed by atoms with Crippen LogP contribution in [0.4, 0.5) is 0 Å². The minimum absolute atomic E-state index is 0.700. The first-order valence-electron chi connectivity index (χ1n) is 4.03. The Bertz CT molecular complexity index is 235. The standard InChI is InChI=1S/C10H13NO/c1-12-10-7-3-2-5-9(10)6-4-8-11/h3,7H,4,6,8,11H2,1H3. The summed E-state index contributed by atoms with van der Waals surface area (Å²) in [7, 11) is 1.66. The van der Waals surface area contributed by atoms with Gasteiger partial charge in [0.15, 0.2) is 0 Å². The Labute approximate surface area is 73.3 Å². The Kier molecular flexibility index (Phi) is 3.43. The highest BCUT2D eigenvalue weighted by molar-refractivity contribution is 5.29. The summed E-state index contributed by atoms with van der Waals surface area (Å²) in [5, 5.41) is 0. The Balaban J connectivity index is 2.68. The summed E-state index contributed by atoms with van der Waals surface area (Å²) in [4.78, 5) is 0. The van der Waals surface area contributed by atoms with Gasteiger partial charge >= 0.3 is 0 Å². The second-order valence-corrected chi connectivity index (χ2v) is 2.54. The van der Waals surface area contributed by atoms with Crippen molar-refractivity contribution >= 4 is 0 Å². The lowest BCUT2D eigenvalue weighted by Crippen LogP contribution is -2.01. The number of nitrogens with two attached hydrogens (primary N) is 1. The van der Waals surface area contributed by atoms with E-state index >= 15 is 0 Å². The molecular weight excluding hydrogens is 150 g/mol. The van der Waals surface area contributed by atoms with Crippen molar-refractivity contribution < 1.29 is 4.74 Å². The van der Waals surface area contributed by atoms with Gasteiger partial charge in [-0.2, -0.15) is 0 Å². The van der Waals surface area contributed by atoms with Crippen LogP contribution in [0.15, 0.2) is 12.1 Å². The molecule has 0 spiro atoms. The highest BCUT2D eigenvalue weighted by Gasteiger charge is 1.98. The van der Waals surface area contributed by atoms with Crippen LogP contribution in [0.3, 0.4) is 0 Å². The van der Waals surface area contributed by atoms with Crippen molar-refractivity contribution in [2.75, 3.05) is 13.7 Å². The van der Waals surface area contributed by atoms with E-state index < -0.39 is 0 Å². The molecule has 0 saturated carbocycles. The van der Waals surface area contributed by atoms with Crippen LogP contribution >= 0.6 is 0 Å². The molecule has 0 fully saturated rings. The second-order valence-electron chi connectivity index (χ2n) is 2.54. The monoisotopic (exact) mass is 163 g/mol. The van der Waals surface area contributed by atoms with Gasteiger partial charge in [0.2, 0.25) is 0 Å². The molecule has 64 valence electrons. The zero-order valence-corrected chi connectivity index (χ0v) is 7.26. The molecule has 0 amide bonds. The quantitative estimate of drug-likeness (QED) is 0.723. The summed E-state index contributed by atoms with van der Waals surface area (Å²) in [6.45, 7) is 0.700. The molecular formula is C10H13NO. The first-order valence-corrected chi connectivity index (χ1v) is 4.03. The lowest BCUT2D eigenvalue weighted by Gasteiger charge is -2.03. The van der Waals surface area contributed by atoms with E-state index in [1.54, 1.807) is 13.2 Å². The summed E-state index contributed by atoms with van der Waals surface area (Å²) in [5.74, 6) is 0.877. The average Bonchev–Trinajstić information content (AvgIpc) is 2.15. The Hall–Kier alpha value is -1.20. The van der Waals surface area contributed by atoms with Crippen LogP contribution in [0.25, 0.3) is 0 Å². The Morgan fingerprint density at radius 3 is 3.08 bits per heavy atom. The SMILES string of the molecule is COc1ccc#cc1CCCN. The summed E-state index contributed by atoms with van der Waals surface area (Å²) >= 11 is 0. The van der Waals surface area contributed by atoms with Crippen molar-refractivity contribution in [3.63, 3.8) is 0 Å². The first-order chi connectivity index (χ1) is 5.88. The lowest BCUT2D eigenvalue weighted by molar-refractivity contribution is 0.409. The van der Waals surface area contributed by atoms with Crippen molar-refractivity contribution in [1.29, 1.82) is 0 Å². The number of ether oxygens (including phenoxy) is 1. The third-order valence-corrected chi connectivity index (χ3v) is 1.69. The molecule has 1 aromatic rings. The molecule has 0 saturated heterocycles. The van der Waals surface area contributed by atoms with E-state index in [2.05, 4.69) is 12.1 Å². The minimum Gasteiger partial charge on any atom is -0.496 e. The van der Waals surface area contributed by atoms with Gasteiger partial charge in [0.1, 0.15) is 5.75 Å². The largest absolute Gasteiger partial charge is 0.496 e. The van der Waals surface area contributed by atoms with Crippen LogP contribution in [0.1, 0.15) is 12.0 Å². The molecule has 2 heteroatoms. The molecule has 0 heterocycles. The van der Waals surface area contributed by atoms with Gasteiger partial charge in [0, 0.05) is 5.56 Å². The van der Waals surface area contributed by atoms with Gasteiger partial charge in [-0.25, -0.2) is 0 Å². The maximum absolute atomic E-state index is 5.40. The molecule has 2 N–H and O–H groups in total. The van der Waals surface area contributed by atoms with Crippen molar-refractivity contribution in [2.45, 2.75) is 12.8 Å². The van der Waals surface area contributed by atoms with E-state index in [0.29, 0.717) is 6.54 Å². The summed E-state index contributed by atoms with van der Waals surface area (Å²) in [6.07, 6.45) is 1.88. The predicted molar refractivity (Wildman–Crippen MR) is 48.0 cm³/mol. The van der Waals surface area contributed by atoms with E-state index in [0.717, 1.165) is 24.2 Å².